The number of ether oxygens (including phenoxy) is 1. The summed E-state index contributed by atoms with van der Waals surface area (Å²) in [6.45, 7) is 6.18. The molecule has 2 heterocycles. The Bertz CT molecular complexity index is 1180. The van der Waals surface area contributed by atoms with Gasteiger partial charge in [0, 0.05) is 41.6 Å². The molecule has 164 valence electrons. The minimum atomic E-state index is -3.65. The van der Waals surface area contributed by atoms with Gasteiger partial charge in [0.1, 0.15) is 10.6 Å². The van der Waals surface area contributed by atoms with Crippen molar-refractivity contribution in [1.82, 2.24) is 9.29 Å². The van der Waals surface area contributed by atoms with Crippen molar-refractivity contribution in [3.8, 4) is 17.0 Å². The highest BCUT2D eigenvalue weighted by Gasteiger charge is 2.31. The van der Waals surface area contributed by atoms with E-state index < -0.39 is 10.0 Å². The minimum Gasteiger partial charge on any atom is -0.495 e. The zero-order valence-electron chi connectivity index (χ0n) is 17.6. The summed E-state index contributed by atoms with van der Waals surface area (Å²) in [5.41, 5.74) is 4.56. The summed E-state index contributed by atoms with van der Waals surface area (Å²) in [5.74, 6) is 0.351. The first-order valence-electron chi connectivity index (χ1n) is 9.92. The van der Waals surface area contributed by atoms with E-state index in [1.54, 1.807) is 29.5 Å². The summed E-state index contributed by atoms with van der Waals surface area (Å²) in [5, 5.41) is 3.01. The fourth-order valence-corrected chi connectivity index (χ4v) is 6.84. The van der Waals surface area contributed by atoms with Crippen LogP contribution in [0.2, 0.25) is 0 Å². The molecule has 0 radical (unpaired) electrons. The number of methoxy groups -OCH3 is 1. The molecule has 1 aromatic heterocycles. The smallest absolute Gasteiger partial charge is 0.246 e. The quantitative estimate of drug-likeness (QED) is 0.486. The highest BCUT2D eigenvalue weighted by Crippen LogP contribution is 2.33. The maximum absolute atomic E-state index is 13.2. The third-order valence-corrected chi connectivity index (χ3v) is 8.80. The highest BCUT2D eigenvalue weighted by atomic mass is 79.9. The van der Waals surface area contributed by atoms with E-state index in [1.165, 1.54) is 28.1 Å². The number of aromatic nitrogens is 1. The topological polar surface area (TPSA) is 62.7 Å². The molecule has 0 amide bonds. The maximum Gasteiger partial charge on any atom is 0.246 e. The first-order chi connectivity index (χ1) is 14.8. The van der Waals surface area contributed by atoms with Gasteiger partial charge in [-0.15, -0.1) is 11.3 Å². The molecule has 0 atom stereocenters. The predicted octanol–water partition coefficient (Wildman–Crippen LogP) is 4.71. The molecular weight excluding hydrogens is 498 g/mol. The Labute approximate surface area is 195 Å². The molecule has 2 aromatic carbocycles. The lowest BCUT2D eigenvalue weighted by Gasteiger charge is -2.34. The molecule has 9 heteroatoms. The normalized spacial score (nSPS) is 15.3. The summed E-state index contributed by atoms with van der Waals surface area (Å²) in [6, 6.07) is 11.3. The Morgan fingerprint density at radius 1 is 1.06 bits per heavy atom. The van der Waals surface area contributed by atoms with Crippen LogP contribution >= 0.6 is 27.3 Å². The van der Waals surface area contributed by atoms with Crippen LogP contribution in [0.15, 0.2) is 51.1 Å². The van der Waals surface area contributed by atoms with Crippen LogP contribution in [0.3, 0.4) is 0 Å². The van der Waals surface area contributed by atoms with Gasteiger partial charge >= 0.3 is 0 Å². The Balaban J connectivity index is 1.51. The molecule has 0 aliphatic carbocycles. The SMILES string of the molecule is COc1ccc(Br)cc1S(=O)(=O)N1CCN(c2nc(-c3c(C)cccc3C)cs2)CC1. The third kappa shape index (κ3) is 4.37. The van der Waals surface area contributed by atoms with E-state index in [2.05, 4.69) is 58.3 Å². The van der Waals surface area contributed by atoms with Crippen molar-refractivity contribution in [2.75, 3.05) is 38.2 Å². The number of aryl methyl sites for hydroxylation is 2. The summed E-state index contributed by atoms with van der Waals surface area (Å²) in [7, 11) is -2.16. The van der Waals surface area contributed by atoms with Gasteiger partial charge in [-0.3, -0.25) is 0 Å². The second-order valence-electron chi connectivity index (χ2n) is 7.47. The van der Waals surface area contributed by atoms with Gasteiger partial charge in [-0.1, -0.05) is 34.1 Å². The molecule has 0 spiro atoms. The predicted molar refractivity (Wildman–Crippen MR) is 129 cm³/mol. The van der Waals surface area contributed by atoms with E-state index in [9.17, 15) is 8.42 Å². The van der Waals surface area contributed by atoms with E-state index >= 15 is 0 Å². The molecule has 1 saturated heterocycles. The third-order valence-electron chi connectivity index (χ3n) is 5.48. The number of sulfonamides is 1. The van der Waals surface area contributed by atoms with E-state index in [0.717, 1.165) is 10.8 Å². The molecule has 31 heavy (non-hydrogen) atoms. The van der Waals surface area contributed by atoms with Gasteiger partial charge in [0.05, 0.1) is 12.8 Å². The number of thiazole rings is 1. The van der Waals surface area contributed by atoms with Crippen LogP contribution in [-0.2, 0) is 10.0 Å². The van der Waals surface area contributed by atoms with Gasteiger partial charge in [-0.25, -0.2) is 13.4 Å². The Kier molecular flexibility index (Phi) is 6.39. The van der Waals surface area contributed by atoms with Crippen LogP contribution in [0.4, 0.5) is 5.13 Å². The van der Waals surface area contributed by atoms with Gasteiger partial charge in [0.25, 0.3) is 0 Å². The van der Waals surface area contributed by atoms with E-state index in [-0.39, 0.29) is 4.90 Å². The zero-order valence-corrected chi connectivity index (χ0v) is 20.8. The van der Waals surface area contributed by atoms with Crippen LogP contribution < -0.4 is 9.64 Å². The van der Waals surface area contributed by atoms with Gasteiger partial charge in [-0.2, -0.15) is 4.31 Å². The number of hydrogen-bond acceptors (Lipinski definition) is 6. The number of anilines is 1. The summed E-state index contributed by atoms with van der Waals surface area (Å²) < 4.78 is 33.9. The summed E-state index contributed by atoms with van der Waals surface area (Å²) in [6.07, 6.45) is 0. The first kappa shape index (κ1) is 22.3. The van der Waals surface area contributed by atoms with Crippen molar-refractivity contribution >= 4 is 42.4 Å². The molecule has 1 fully saturated rings. The highest BCUT2D eigenvalue weighted by molar-refractivity contribution is 9.10. The number of hydrogen-bond donors (Lipinski definition) is 0. The van der Waals surface area contributed by atoms with E-state index in [0.29, 0.717) is 36.4 Å². The van der Waals surface area contributed by atoms with Gasteiger partial charge in [-0.05, 0) is 43.2 Å². The zero-order chi connectivity index (χ0) is 22.2. The van der Waals surface area contributed by atoms with Crippen LogP contribution in [0.5, 0.6) is 5.75 Å². The largest absolute Gasteiger partial charge is 0.495 e. The fraction of sp³-hybridized carbons (Fsp3) is 0.318. The number of nitrogens with zero attached hydrogens (tertiary/aromatic N) is 3. The Morgan fingerprint density at radius 3 is 2.39 bits per heavy atom. The van der Waals surface area contributed by atoms with Crippen molar-refractivity contribution in [2.45, 2.75) is 18.7 Å². The second-order valence-corrected chi connectivity index (χ2v) is 11.1. The van der Waals surface area contributed by atoms with Crippen molar-refractivity contribution in [3.05, 3.63) is 57.4 Å². The van der Waals surface area contributed by atoms with E-state index in [4.69, 9.17) is 9.72 Å². The number of piperazine rings is 1. The lowest BCUT2D eigenvalue weighted by atomic mass is 10.0. The molecule has 1 aliphatic heterocycles. The Morgan fingerprint density at radius 2 is 1.74 bits per heavy atom. The van der Waals surface area contributed by atoms with Gasteiger partial charge in [0.15, 0.2) is 5.13 Å². The summed E-state index contributed by atoms with van der Waals surface area (Å²) in [4.78, 5) is 7.20. The molecule has 0 saturated carbocycles. The standard InChI is InChI=1S/C22H24BrN3O3S2/c1-15-5-4-6-16(2)21(15)18-14-30-22(24-18)25-9-11-26(12-10-25)31(27,28)20-13-17(23)7-8-19(20)29-3/h4-8,13-14H,9-12H2,1-3H3. The Hall–Kier alpha value is -1.94. The molecule has 0 bridgehead atoms. The lowest BCUT2D eigenvalue weighted by molar-refractivity contribution is 0.374. The van der Waals surface area contributed by atoms with Crippen LogP contribution in [0.1, 0.15) is 11.1 Å². The van der Waals surface area contributed by atoms with E-state index in [1.807, 2.05) is 0 Å². The fourth-order valence-electron chi connectivity index (χ4n) is 3.85. The van der Waals surface area contributed by atoms with Crippen molar-refractivity contribution < 1.29 is 13.2 Å². The van der Waals surface area contributed by atoms with Crippen LogP contribution in [-0.4, -0.2) is 51.0 Å². The number of benzene rings is 2. The molecule has 6 nitrogen and oxygen atoms in total. The molecule has 1 aliphatic rings. The average molecular weight is 522 g/mol. The van der Waals surface area contributed by atoms with Crippen molar-refractivity contribution in [3.63, 3.8) is 0 Å². The van der Waals surface area contributed by atoms with Gasteiger partial charge in [0.2, 0.25) is 10.0 Å². The monoisotopic (exact) mass is 521 g/mol. The van der Waals surface area contributed by atoms with Crippen LogP contribution in [0.25, 0.3) is 11.3 Å². The van der Waals surface area contributed by atoms with Crippen LogP contribution in [0, 0.1) is 13.8 Å². The maximum atomic E-state index is 13.2. The summed E-state index contributed by atoms with van der Waals surface area (Å²) >= 11 is 4.96. The minimum absolute atomic E-state index is 0.185. The number of halogens is 1. The first-order valence-corrected chi connectivity index (χ1v) is 13.0. The van der Waals surface area contributed by atoms with Gasteiger partial charge < -0.3 is 9.64 Å². The molecule has 0 N–H and O–H groups in total. The average Bonchev–Trinajstić information content (AvgIpc) is 3.23. The van der Waals surface area contributed by atoms with Crippen molar-refractivity contribution in [2.24, 2.45) is 0 Å². The second kappa shape index (κ2) is 8.90. The number of rotatable bonds is 5. The molecule has 3 aromatic rings. The van der Waals surface area contributed by atoms with Crippen molar-refractivity contribution in [1.29, 1.82) is 0 Å². The molecule has 0 unspecified atom stereocenters. The molecule has 4 rings (SSSR count). The lowest BCUT2D eigenvalue weighted by Crippen LogP contribution is -2.48. The molecular formula is C22H24BrN3O3S2.